The number of aliphatic hydroxyl groups is 2. The van der Waals surface area contributed by atoms with E-state index in [0.29, 0.717) is 25.2 Å². The maximum Gasteiger partial charge on any atom is 0.315 e. The second kappa shape index (κ2) is 8.77. The van der Waals surface area contributed by atoms with Gasteiger partial charge < -0.3 is 19.7 Å². The highest BCUT2D eigenvalue weighted by Gasteiger charge is 2.71. The number of hydrogen-bond acceptors (Lipinski definition) is 5. The standard InChI is InChI=1S/C33H50O5/c1-8-17-38-27(37)33-16-15-28(2,3)18-22(33)21-9-10-24-29(4)13-12-25(35)30(5,20-34)23(29)11-14-31(24,6)32(21,7)19-26(33)36/h8-9,20,22-26,35-36H,1,10-19H2,2-7H3/t22?,23-,24?,25+,26?,29?,30-,31+,32-,33-/m1/s1. The van der Waals surface area contributed by atoms with E-state index in [1.165, 1.54) is 5.57 Å². The lowest BCUT2D eigenvalue weighted by atomic mass is 9.33. The summed E-state index contributed by atoms with van der Waals surface area (Å²) in [5.41, 5.74) is -0.576. The van der Waals surface area contributed by atoms with Crippen LogP contribution in [0.5, 0.6) is 0 Å². The van der Waals surface area contributed by atoms with Crippen LogP contribution < -0.4 is 0 Å². The van der Waals surface area contributed by atoms with E-state index in [9.17, 15) is 19.8 Å². The van der Waals surface area contributed by atoms with E-state index in [1.807, 2.05) is 6.92 Å². The van der Waals surface area contributed by atoms with Gasteiger partial charge in [0.15, 0.2) is 0 Å². The van der Waals surface area contributed by atoms with Crippen molar-refractivity contribution < 1.29 is 24.5 Å². The number of rotatable bonds is 4. The molecule has 0 aliphatic heterocycles. The largest absolute Gasteiger partial charge is 0.461 e. The maximum atomic E-state index is 13.7. The molecule has 4 unspecified atom stereocenters. The van der Waals surface area contributed by atoms with E-state index in [0.717, 1.165) is 44.8 Å². The fraction of sp³-hybridized carbons (Fsp3) is 0.818. The summed E-state index contributed by atoms with van der Waals surface area (Å²) in [5, 5.41) is 22.9. The van der Waals surface area contributed by atoms with Gasteiger partial charge in [-0.25, -0.2) is 0 Å². The van der Waals surface area contributed by atoms with Crippen molar-refractivity contribution in [2.45, 2.75) is 112 Å². The van der Waals surface area contributed by atoms with Gasteiger partial charge in [0.25, 0.3) is 0 Å². The molecule has 0 aromatic rings. The van der Waals surface area contributed by atoms with E-state index >= 15 is 0 Å². The van der Waals surface area contributed by atoms with Gasteiger partial charge in [-0.2, -0.15) is 0 Å². The average Bonchev–Trinajstić information content (AvgIpc) is 2.85. The lowest BCUT2D eigenvalue weighted by Gasteiger charge is -2.71. The fourth-order valence-corrected chi connectivity index (χ4v) is 10.9. The summed E-state index contributed by atoms with van der Waals surface area (Å²) in [6.45, 7) is 17.6. The van der Waals surface area contributed by atoms with E-state index in [2.05, 4.69) is 47.3 Å². The summed E-state index contributed by atoms with van der Waals surface area (Å²) < 4.78 is 5.70. The number of hydrogen-bond donors (Lipinski definition) is 2. The molecule has 0 amide bonds. The van der Waals surface area contributed by atoms with Crippen molar-refractivity contribution in [1.82, 2.24) is 0 Å². The lowest BCUT2D eigenvalue weighted by molar-refractivity contribution is -0.218. The van der Waals surface area contributed by atoms with E-state index in [4.69, 9.17) is 4.74 Å². The molecule has 2 N–H and O–H groups in total. The number of allylic oxidation sites excluding steroid dienone is 2. The Bertz CT molecular complexity index is 1050. The van der Waals surface area contributed by atoms with Gasteiger partial charge in [0.1, 0.15) is 18.3 Å². The predicted octanol–water partition coefficient (Wildman–Crippen LogP) is 6.03. The molecule has 4 fully saturated rings. The van der Waals surface area contributed by atoms with Crippen molar-refractivity contribution in [3.8, 4) is 0 Å². The Balaban J connectivity index is 1.61. The van der Waals surface area contributed by atoms with Crippen LogP contribution in [0.2, 0.25) is 0 Å². The van der Waals surface area contributed by atoms with Crippen LogP contribution in [0.4, 0.5) is 0 Å². The minimum atomic E-state index is -0.904. The number of fused-ring (bicyclic) bond motifs is 7. The van der Waals surface area contributed by atoms with Gasteiger partial charge in [-0.1, -0.05) is 65.8 Å². The molecule has 4 saturated carbocycles. The summed E-state index contributed by atoms with van der Waals surface area (Å²) in [6.07, 6.45) is 11.0. The first-order valence-electron chi connectivity index (χ1n) is 15.0. The van der Waals surface area contributed by atoms with Gasteiger partial charge in [0, 0.05) is 0 Å². The summed E-state index contributed by atoms with van der Waals surface area (Å²) in [4.78, 5) is 26.1. The van der Waals surface area contributed by atoms with Gasteiger partial charge in [-0.3, -0.25) is 4.79 Å². The van der Waals surface area contributed by atoms with Crippen molar-refractivity contribution in [3.05, 3.63) is 24.3 Å². The molecule has 5 rings (SSSR count). The zero-order chi connectivity index (χ0) is 27.9. The highest BCUT2D eigenvalue weighted by atomic mass is 16.5. The summed E-state index contributed by atoms with van der Waals surface area (Å²) in [7, 11) is 0. The molecule has 0 radical (unpaired) electrons. The Morgan fingerprint density at radius 3 is 2.37 bits per heavy atom. The van der Waals surface area contributed by atoms with Crippen LogP contribution >= 0.6 is 0 Å². The molecule has 0 aromatic carbocycles. The SMILES string of the molecule is C=CCOC(=O)[C@]12CCC(C)(C)CC1C1=CCC3C4(C)CC[C@H](O)[C@](C)(C=O)[C@@H]4CC[C@]3(C)[C@]1(C)CC2O. The van der Waals surface area contributed by atoms with Gasteiger partial charge in [0.05, 0.1) is 17.6 Å². The van der Waals surface area contributed by atoms with Crippen LogP contribution in [0, 0.1) is 50.2 Å². The maximum absolute atomic E-state index is 13.7. The van der Waals surface area contributed by atoms with Crippen LogP contribution in [0.3, 0.4) is 0 Å². The number of carbonyl (C=O) groups is 2. The summed E-state index contributed by atoms with van der Waals surface area (Å²) >= 11 is 0. The van der Waals surface area contributed by atoms with Crippen molar-refractivity contribution >= 4 is 12.3 Å². The Morgan fingerprint density at radius 1 is 1.00 bits per heavy atom. The molecule has 0 spiro atoms. The van der Waals surface area contributed by atoms with Crippen molar-refractivity contribution in [1.29, 1.82) is 0 Å². The fourth-order valence-electron chi connectivity index (χ4n) is 10.9. The smallest absolute Gasteiger partial charge is 0.315 e. The van der Waals surface area contributed by atoms with Gasteiger partial charge in [-0.05, 0) is 97.2 Å². The molecule has 5 aliphatic carbocycles. The number of aldehydes is 1. The predicted molar refractivity (Wildman–Crippen MR) is 148 cm³/mol. The highest BCUT2D eigenvalue weighted by Crippen LogP contribution is 2.75. The minimum absolute atomic E-state index is 0.0472. The number of carbonyl (C=O) groups excluding carboxylic acids is 2. The van der Waals surface area contributed by atoms with E-state index in [-0.39, 0.29) is 46.1 Å². The third kappa shape index (κ3) is 3.42. The monoisotopic (exact) mass is 526 g/mol. The molecule has 0 saturated heterocycles. The molecular formula is C33H50O5. The van der Waals surface area contributed by atoms with Crippen molar-refractivity contribution in [3.63, 3.8) is 0 Å². The van der Waals surface area contributed by atoms with Crippen LogP contribution in [-0.2, 0) is 14.3 Å². The molecule has 5 nitrogen and oxygen atoms in total. The van der Waals surface area contributed by atoms with Crippen LogP contribution in [0.1, 0.15) is 99.3 Å². The number of ether oxygens (including phenoxy) is 1. The van der Waals surface area contributed by atoms with Gasteiger partial charge in [-0.15, -0.1) is 0 Å². The average molecular weight is 527 g/mol. The van der Waals surface area contributed by atoms with Crippen molar-refractivity contribution in [2.75, 3.05) is 6.61 Å². The Morgan fingerprint density at radius 2 is 1.71 bits per heavy atom. The quantitative estimate of drug-likeness (QED) is 0.266. The summed E-state index contributed by atoms with van der Waals surface area (Å²) in [5.74, 6) is 0.176. The highest BCUT2D eigenvalue weighted by molar-refractivity contribution is 5.80. The Hall–Kier alpha value is -1.46. The molecule has 0 bridgehead atoms. The molecule has 5 heteroatoms. The molecule has 0 aromatic heterocycles. The van der Waals surface area contributed by atoms with Crippen LogP contribution in [0.25, 0.3) is 0 Å². The first kappa shape index (κ1) is 28.1. The minimum Gasteiger partial charge on any atom is -0.461 e. The molecule has 10 atom stereocenters. The van der Waals surface area contributed by atoms with Gasteiger partial charge >= 0.3 is 5.97 Å². The molecule has 5 aliphatic rings. The number of aliphatic hydroxyl groups excluding tert-OH is 2. The summed E-state index contributed by atoms with van der Waals surface area (Å²) in [6, 6.07) is 0. The zero-order valence-corrected chi connectivity index (χ0v) is 24.5. The third-order valence-electron chi connectivity index (χ3n) is 13.3. The first-order chi connectivity index (χ1) is 17.7. The Labute approximate surface area is 229 Å². The van der Waals surface area contributed by atoms with Gasteiger partial charge in [0.2, 0.25) is 0 Å². The molecule has 212 valence electrons. The van der Waals surface area contributed by atoms with Crippen molar-refractivity contribution in [2.24, 2.45) is 50.2 Å². The molecular weight excluding hydrogens is 476 g/mol. The van der Waals surface area contributed by atoms with Crippen LogP contribution in [0.15, 0.2) is 24.3 Å². The second-order valence-electron chi connectivity index (χ2n) is 15.4. The second-order valence-corrected chi connectivity index (χ2v) is 15.4. The normalized spacial score (nSPS) is 51.3. The van der Waals surface area contributed by atoms with E-state index in [1.54, 1.807) is 6.08 Å². The topological polar surface area (TPSA) is 83.8 Å². The molecule has 38 heavy (non-hydrogen) atoms. The lowest BCUT2D eigenvalue weighted by Crippen LogP contribution is -2.68. The Kier molecular flexibility index (Phi) is 6.48. The zero-order valence-electron chi connectivity index (χ0n) is 24.5. The molecule has 0 heterocycles. The van der Waals surface area contributed by atoms with E-state index < -0.39 is 23.0 Å². The third-order valence-corrected chi connectivity index (χ3v) is 13.3. The number of esters is 1. The van der Waals surface area contributed by atoms with Crippen LogP contribution in [-0.4, -0.2) is 41.3 Å². The first-order valence-corrected chi connectivity index (χ1v) is 15.0.